The fraction of sp³-hybridized carbons (Fsp3) is 0.263. The van der Waals surface area contributed by atoms with Gasteiger partial charge in [0.25, 0.3) is 0 Å². The van der Waals surface area contributed by atoms with Gasteiger partial charge in [-0.1, -0.05) is 47.7 Å². The number of carbonyl (C=O) groups excluding carboxylic acids is 1. The summed E-state index contributed by atoms with van der Waals surface area (Å²) in [7, 11) is 0. The molecule has 0 radical (unpaired) electrons. The second-order valence-corrected chi connectivity index (χ2v) is 7.21. The summed E-state index contributed by atoms with van der Waals surface area (Å²) >= 11 is 1.32. The van der Waals surface area contributed by atoms with Gasteiger partial charge < -0.3 is 5.32 Å². The van der Waals surface area contributed by atoms with Gasteiger partial charge in [-0.3, -0.25) is 4.79 Å². The second-order valence-electron chi connectivity index (χ2n) is 6.27. The lowest BCUT2D eigenvalue weighted by atomic mass is 10.1. The largest absolute Gasteiger partial charge is 0.325 e. The number of nitrogens with one attached hydrogen (secondary N) is 1. The molecule has 7 heteroatoms. The highest BCUT2D eigenvalue weighted by Gasteiger charge is 2.14. The molecule has 0 aliphatic carbocycles. The van der Waals surface area contributed by atoms with Crippen LogP contribution in [0.5, 0.6) is 0 Å². The molecule has 0 fully saturated rings. The lowest BCUT2D eigenvalue weighted by molar-refractivity contribution is -0.113. The van der Waals surface area contributed by atoms with Gasteiger partial charge in [0.2, 0.25) is 11.1 Å². The molecule has 1 heterocycles. The van der Waals surface area contributed by atoms with Gasteiger partial charge in [-0.15, -0.1) is 5.10 Å². The zero-order valence-electron chi connectivity index (χ0n) is 15.3. The minimum Gasteiger partial charge on any atom is -0.325 e. The average molecular weight is 367 g/mol. The van der Waals surface area contributed by atoms with E-state index in [2.05, 4.69) is 26.9 Å². The van der Waals surface area contributed by atoms with Crippen LogP contribution in [0.3, 0.4) is 0 Å². The van der Waals surface area contributed by atoms with Gasteiger partial charge in [0.05, 0.1) is 11.4 Å². The number of para-hydroxylation sites is 1. The molecule has 1 aromatic heterocycles. The first-order valence-corrected chi connectivity index (χ1v) is 9.29. The molecule has 3 rings (SSSR count). The molecule has 0 aliphatic heterocycles. The predicted octanol–water partition coefficient (Wildman–Crippen LogP) is 3.63. The highest BCUT2D eigenvalue weighted by Crippen LogP contribution is 2.23. The molecular weight excluding hydrogens is 346 g/mol. The number of hydrogen-bond acceptors (Lipinski definition) is 5. The Balaban J connectivity index is 1.71. The van der Waals surface area contributed by atoms with Gasteiger partial charge in [-0.05, 0) is 60.9 Å². The summed E-state index contributed by atoms with van der Waals surface area (Å²) in [4.78, 5) is 12.4. The first-order chi connectivity index (χ1) is 12.5. The average Bonchev–Trinajstić information content (AvgIpc) is 3.05. The summed E-state index contributed by atoms with van der Waals surface area (Å²) < 4.78 is 1.67. The highest BCUT2D eigenvalue weighted by atomic mass is 32.2. The maximum atomic E-state index is 12.4. The Morgan fingerprint density at radius 3 is 2.50 bits per heavy atom. The third-order valence-electron chi connectivity index (χ3n) is 4.10. The summed E-state index contributed by atoms with van der Waals surface area (Å²) in [6, 6.07) is 12.0. The topological polar surface area (TPSA) is 72.7 Å². The summed E-state index contributed by atoms with van der Waals surface area (Å²) in [5.41, 5.74) is 6.14. The maximum Gasteiger partial charge on any atom is 0.234 e. The Bertz CT molecular complexity index is 931. The van der Waals surface area contributed by atoms with Gasteiger partial charge in [-0.25, -0.2) is 0 Å². The van der Waals surface area contributed by atoms with E-state index in [-0.39, 0.29) is 11.7 Å². The third-order valence-corrected chi connectivity index (χ3v) is 5.02. The Hall–Kier alpha value is -2.67. The van der Waals surface area contributed by atoms with Crippen molar-refractivity contribution in [2.45, 2.75) is 32.9 Å². The first-order valence-electron chi connectivity index (χ1n) is 8.30. The van der Waals surface area contributed by atoms with Crippen molar-refractivity contribution in [1.82, 2.24) is 20.2 Å². The van der Waals surface area contributed by atoms with Crippen molar-refractivity contribution in [2.24, 2.45) is 0 Å². The van der Waals surface area contributed by atoms with Crippen molar-refractivity contribution in [1.29, 1.82) is 0 Å². The van der Waals surface area contributed by atoms with Gasteiger partial charge in [0.15, 0.2) is 0 Å². The minimum atomic E-state index is -0.0809. The Labute approximate surface area is 157 Å². The SMILES string of the molecule is Cc1ccc(-n2nnnc2SCC(=O)Nc2c(C)cccc2C)c(C)c1. The zero-order chi connectivity index (χ0) is 18.7. The maximum absolute atomic E-state index is 12.4. The van der Waals surface area contributed by atoms with Crippen LogP contribution in [0.2, 0.25) is 0 Å². The van der Waals surface area contributed by atoms with Crippen LogP contribution in [0.1, 0.15) is 22.3 Å². The smallest absolute Gasteiger partial charge is 0.234 e. The molecule has 0 unspecified atom stereocenters. The number of nitrogens with zero attached hydrogens (tertiary/aromatic N) is 4. The van der Waals surface area contributed by atoms with E-state index in [1.165, 1.54) is 17.3 Å². The van der Waals surface area contributed by atoms with E-state index in [1.807, 2.05) is 58.0 Å². The number of amides is 1. The number of aromatic nitrogens is 4. The van der Waals surface area contributed by atoms with E-state index < -0.39 is 0 Å². The molecule has 2 aromatic carbocycles. The van der Waals surface area contributed by atoms with E-state index in [9.17, 15) is 4.79 Å². The standard InChI is InChI=1S/C19H21N5OS/c1-12-8-9-16(15(4)10-12)24-19(21-22-23-24)26-11-17(25)20-18-13(2)6-5-7-14(18)3/h5-10H,11H2,1-4H3,(H,20,25). The van der Waals surface area contributed by atoms with E-state index in [0.717, 1.165) is 28.1 Å². The van der Waals surface area contributed by atoms with Crippen molar-refractivity contribution in [3.8, 4) is 5.69 Å². The normalized spacial score (nSPS) is 10.8. The molecule has 1 N–H and O–H groups in total. The Kier molecular flexibility index (Phi) is 5.37. The van der Waals surface area contributed by atoms with E-state index in [0.29, 0.717) is 5.16 Å². The molecule has 26 heavy (non-hydrogen) atoms. The molecule has 0 bridgehead atoms. The van der Waals surface area contributed by atoms with Crippen LogP contribution < -0.4 is 5.32 Å². The molecule has 0 atom stereocenters. The Morgan fingerprint density at radius 2 is 1.81 bits per heavy atom. The van der Waals surface area contributed by atoms with Crippen molar-refractivity contribution >= 4 is 23.4 Å². The van der Waals surface area contributed by atoms with Gasteiger partial charge in [-0.2, -0.15) is 4.68 Å². The first kappa shape index (κ1) is 18.1. The van der Waals surface area contributed by atoms with Crippen molar-refractivity contribution in [3.63, 3.8) is 0 Å². The number of aryl methyl sites for hydroxylation is 4. The monoisotopic (exact) mass is 367 g/mol. The molecule has 134 valence electrons. The number of rotatable bonds is 5. The Morgan fingerprint density at radius 1 is 1.08 bits per heavy atom. The van der Waals surface area contributed by atoms with Crippen LogP contribution in [0, 0.1) is 27.7 Å². The highest BCUT2D eigenvalue weighted by molar-refractivity contribution is 7.99. The molecule has 0 aliphatic rings. The number of benzene rings is 2. The lowest BCUT2D eigenvalue weighted by Gasteiger charge is -2.11. The third kappa shape index (κ3) is 3.94. The van der Waals surface area contributed by atoms with Crippen LogP contribution in [0.25, 0.3) is 5.69 Å². The van der Waals surface area contributed by atoms with Gasteiger partial charge >= 0.3 is 0 Å². The number of carbonyl (C=O) groups is 1. The summed E-state index contributed by atoms with van der Waals surface area (Å²) in [6.45, 7) is 8.03. The van der Waals surface area contributed by atoms with Gasteiger partial charge in [0, 0.05) is 5.69 Å². The molecule has 0 saturated heterocycles. The van der Waals surface area contributed by atoms with E-state index in [4.69, 9.17) is 0 Å². The van der Waals surface area contributed by atoms with E-state index >= 15 is 0 Å². The van der Waals surface area contributed by atoms with Crippen LogP contribution in [-0.2, 0) is 4.79 Å². The molecule has 0 saturated carbocycles. The lowest BCUT2D eigenvalue weighted by Crippen LogP contribution is -2.16. The minimum absolute atomic E-state index is 0.0809. The zero-order valence-corrected chi connectivity index (χ0v) is 16.1. The van der Waals surface area contributed by atoms with Crippen LogP contribution in [-0.4, -0.2) is 31.9 Å². The molecular formula is C19H21N5OS. The predicted molar refractivity (Wildman–Crippen MR) is 104 cm³/mol. The van der Waals surface area contributed by atoms with Gasteiger partial charge in [0.1, 0.15) is 0 Å². The quantitative estimate of drug-likeness (QED) is 0.697. The summed E-state index contributed by atoms with van der Waals surface area (Å²) in [6.07, 6.45) is 0. The van der Waals surface area contributed by atoms with Crippen molar-refractivity contribution in [3.05, 3.63) is 58.7 Å². The van der Waals surface area contributed by atoms with Crippen molar-refractivity contribution in [2.75, 3.05) is 11.1 Å². The summed E-state index contributed by atoms with van der Waals surface area (Å²) in [5, 5.41) is 15.5. The number of hydrogen-bond donors (Lipinski definition) is 1. The number of thioether (sulfide) groups is 1. The molecule has 0 spiro atoms. The van der Waals surface area contributed by atoms with Crippen molar-refractivity contribution < 1.29 is 4.79 Å². The van der Waals surface area contributed by atoms with Crippen LogP contribution in [0.15, 0.2) is 41.6 Å². The number of anilines is 1. The second kappa shape index (κ2) is 7.70. The summed E-state index contributed by atoms with van der Waals surface area (Å²) in [5.74, 6) is 0.154. The fourth-order valence-corrected chi connectivity index (χ4v) is 3.46. The molecule has 3 aromatic rings. The van der Waals surface area contributed by atoms with E-state index in [1.54, 1.807) is 4.68 Å². The molecule has 1 amide bonds. The number of tetrazole rings is 1. The van der Waals surface area contributed by atoms with Crippen LogP contribution in [0.4, 0.5) is 5.69 Å². The molecule has 6 nitrogen and oxygen atoms in total. The fourth-order valence-electron chi connectivity index (χ4n) is 2.78. The van der Waals surface area contributed by atoms with Crippen LogP contribution >= 0.6 is 11.8 Å².